The van der Waals surface area contributed by atoms with E-state index in [2.05, 4.69) is 32.9 Å². The number of rotatable bonds is 4. The summed E-state index contributed by atoms with van der Waals surface area (Å²) in [6.07, 6.45) is 3.30. The molecule has 0 radical (unpaired) electrons. The van der Waals surface area contributed by atoms with Gasteiger partial charge in [0.1, 0.15) is 0 Å². The number of aryl methyl sites for hydroxylation is 1. The van der Waals surface area contributed by atoms with Crippen molar-refractivity contribution in [2.45, 2.75) is 46.1 Å². The summed E-state index contributed by atoms with van der Waals surface area (Å²) in [6.45, 7) is 6.58. The van der Waals surface area contributed by atoms with Gasteiger partial charge in [-0.15, -0.1) is 0 Å². The fourth-order valence-corrected chi connectivity index (χ4v) is 1.74. The summed E-state index contributed by atoms with van der Waals surface area (Å²) in [4.78, 5) is 0. The van der Waals surface area contributed by atoms with E-state index in [1.807, 2.05) is 12.1 Å². The van der Waals surface area contributed by atoms with Crippen LogP contribution < -0.4 is 5.73 Å². The third kappa shape index (κ3) is 4.54. The van der Waals surface area contributed by atoms with E-state index in [1.165, 1.54) is 5.56 Å². The van der Waals surface area contributed by atoms with Crippen molar-refractivity contribution in [3.8, 4) is 0 Å². The minimum Gasteiger partial charge on any atom is -0.327 e. The zero-order valence-corrected chi connectivity index (χ0v) is 11.2. The third-order valence-corrected chi connectivity index (χ3v) is 3.26. The lowest BCUT2D eigenvalue weighted by atomic mass is 9.84. The van der Waals surface area contributed by atoms with Gasteiger partial charge in [-0.05, 0) is 42.4 Å². The largest absolute Gasteiger partial charge is 0.327 e. The van der Waals surface area contributed by atoms with E-state index in [1.54, 1.807) is 0 Å². The van der Waals surface area contributed by atoms with Crippen molar-refractivity contribution in [2.24, 2.45) is 11.1 Å². The number of nitrogens with two attached hydrogens (primary N) is 1. The predicted molar refractivity (Wildman–Crippen MR) is 71.8 cm³/mol. The fourth-order valence-electron chi connectivity index (χ4n) is 1.61. The lowest BCUT2D eigenvalue weighted by molar-refractivity contribution is 0.301. The molecule has 1 nitrogen and oxygen atoms in total. The molecule has 0 aliphatic rings. The first-order valence-electron chi connectivity index (χ1n) is 5.89. The first-order chi connectivity index (χ1) is 7.39. The smallest absolute Gasteiger partial charge is 0.0406 e. The van der Waals surface area contributed by atoms with E-state index in [0.29, 0.717) is 0 Å². The number of benzene rings is 1. The van der Waals surface area contributed by atoms with Gasteiger partial charge in [-0.1, -0.05) is 44.5 Å². The molecule has 1 aromatic rings. The first kappa shape index (κ1) is 13.5. The van der Waals surface area contributed by atoms with Crippen molar-refractivity contribution in [1.29, 1.82) is 0 Å². The van der Waals surface area contributed by atoms with Crippen LogP contribution in [0.4, 0.5) is 0 Å². The van der Waals surface area contributed by atoms with Crippen LogP contribution >= 0.6 is 11.6 Å². The van der Waals surface area contributed by atoms with E-state index in [0.717, 1.165) is 24.3 Å². The summed E-state index contributed by atoms with van der Waals surface area (Å²) in [5.41, 5.74) is 7.66. The summed E-state index contributed by atoms with van der Waals surface area (Å²) in [5.74, 6) is 0. The summed E-state index contributed by atoms with van der Waals surface area (Å²) in [5, 5.41) is 0.801. The minimum atomic E-state index is 0.208. The molecule has 90 valence electrons. The average molecular weight is 240 g/mol. The molecule has 16 heavy (non-hydrogen) atoms. The Morgan fingerprint density at radius 2 is 1.75 bits per heavy atom. The first-order valence-corrected chi connectivity index (χ1v) is 6.27. The molecule has 0 bridgehead atoms. The summed E-state index contributed by atoms with van der Waals surface area (Å²) < 4.78 is 0. The van der Waals surface area contributed by atoms with Crippen molar-refractivity contribution in [1.82, 2.24) is 0 Å². The van der Waals surface area contributed by atoms with Crippen LogP contribution in [0.2, 0.25) is 5.02 Å². The predicted octanol–water partition coefficient (Wildman–Crippen LogP) is 4.04. The SMILES string of the molecule is CC(C)(C)C(N)CCCc1ccc(Cl)cc1. The van der Waals surface area contributed by atoms with E-state index < -0.39 is 0 Å². The molecule has 1 atom stereocenters. The van der Waals surface area contributed by atoms with Gasteiger partial charge in [0, 0.05) is 11.1 Å². The zero-order valence-electron chi connectivity index (χ0n) is 10.5. The second-order valence-corrected chi connectivity index (χ2v) is 5.93. The van der Waals surface area contributed by atoms with Crippen LogP contribution in [0.1, 0.15) is 39.2 Å². The molecule has 2 N–H and O–H groups in total. The second kappa shape index (κ2) is 5.70. The molecule has 0 saturated heterocycles. The molecule has 2 heteroatoms. The molecule has 0 spiro atoms. The van der Waals surface area contributed by atoms with Crippen LogP contribution in [0.15, 0.2) is 24.3 Å². The van der Waals surface area contributed by atoms with Gasteiger partial charge >= 0.3 is 0 Å². The normalized spacial score (nSPS) is 13.8. The topological polar surface area (TPSA) is 26.0 Å². The van der Waals surface area contributed by atoms with Crippen LogP contribution in [-0.4, -0.2) is 6.04 Å². The molecule has 0 aromatic heterocycles. The molecule has 0 saturated carbocycles. The van der Waals surface area contributed by atoms with Crippen molar-refractivity contribution in [3.05, 3.63) is 34.9 Å². The van der Waals surface area contributed by atoms with Crippen molar-refractivity contribution in [3.63, 3.8) is 0 Å². The average Bonchev–Trinajstić information content (AvgIpc) is 2.19. The highest BCUT2D eigenvalue weighted by atomic mass is 35.5. The molecular weight excluding hydrogens is 218 g/mol. The maximum atomic E-state index is 6.12. The Kier molecular flexibility index (Phi) is 4.82. The molecule has 1 rings (SSSR count). The molecule has 0 heterocycles. The van der Waals surface area contributed by atoms with Crippen LogP contribution in [0.3, 0.4) is 0 Å². The highest BCUT2D eigenvalue weighted by Gasteiger charge is 2.19. The number of hydrogen-bond donors (Lipinski definition) is 1. The highest BCUT2D eigenvalue weighted by Crippen LogP contribution is 2.21. The van der Waals surface area contributed by atoms with Gasteiger partial charge in [-0.25, -0.2) is 0 Å². The van der Waals surface area contributed by atoms with Gasteiger partial charge in [-0.3, -0.25) is 0 Å². The molecule has 1 aromatic carbocycles. The van der Waals surface area contributed by atoms with Crippen molar-refractivity contribution < 1.29 is 0 Å². The Hall–Kier alpha value is -0.530. The quantitative estimate of drug-likeness (QED) is 0.844. The highest BCUT2D eigenvalue weighted by molar-refractivity contribution is 6.30. The van der Waals surface area contributed by atoms with Crippen LogP contribution in [0.5, 0.6) is 0 Å². The Bertz CT molecular complexity index is 311. The Balaban J connectivity index is 2.33. The minimum absolute atomic E-state index is 0.208. The van der Waals surface area contributed by atoms with Crippen LogP contribution in [0, 0.1) is 5.41 Å². The van der Waals surface area contributed by atoms with Gasteiger partial charge in [-0.2, -0.15) is 0 Å². The molecule has 0 fully saturated rings. The molecule has 0 aliphatic carbocycles. The Labute approximate surface area is 104 Å². The van der Waals surface area contributed by atoms with Crippen molar-refractivity contribution >= 4 is 11.6 Å². The zero-order chi connectivity index (χ0) is 12.2. The van der Waals surface area contributed by atoms with Gasteiger partial charge in [0.15, 0.2) is 0 Å². The Morgan fingerprint density at radius 3 is 2.25 bits per heavy atom. The van der Waals surface area contributed by atoms with Gasteiger partial charge in [0.05, 0.1) is 0 Å². The third-order valence-electron chi connectivity index (χ3n) is 3.01. The van der Waals surface area contributed by atoms with E-state index in [9.17, 15) is 0 Å². The summed E-state index contributed by atoms with van der Waals surface area (Å²) in [7, 11) is 0. The van der Waals surface area contributed by atoms with Crippen LogP contribution in [0.25, 0.3) is 0 Å². The molecule has 1 unspecified atom stereocenters. The van der Waals surface area contributed by atoms with Crippen LogP contribution in [-0.2, 0) is 6.42 Å². The molecular formula is C14H22ClN. The Morgan fingerprint density at radius 1 is 1.19 bits per heavy atom. The maximum absolute atomic E-state index is 6.12. The maximum Gasteiger partial charge on any atom is 0.0406 e. The fraction of sp³-hybridized carbons (Fsp3) is 0.571. The lowest BCUT2D eigenvalue weighted by Gasteiger charge is -2.26. The summed E-state index contributed by atoms with van der Waals surface area (Å²) in [6, 6.07) is 8.34. The number of halogens is 1. The monoisotopic (exact) mass is 239 g/mol. The van der Waals surface area contributed by atoms with E-state index >= 15 is 0 Å². The lowest BCUT2D eigenvalue weighted by Crippen LogP contribution is -2.34. The number of hydrogen-bond acceptors (Lipinski definition) is 1. The van der Waals surface area contributed by atoms with E-state index in [-0.39, 0.29) is 11.5 Å². The molecule has 0 aliphatic heterocycles. The van der Waals surface area contributed by atoms with Gasteiger partial charge in [0.2, 0.25) is 0 Å². The standard InChI is InChI=1S/C14H22ClN/c1-14(2,3)13(16)6-4-5-11-7-9-12(15)10-8-11/h7-10,13H,4-6,16H2,1-3H3. The van der Waals surface area contributed by atoms with Crippen molar-refractivity contribution in [2.75, 3.05) is 0 Å². The second-order valence-electron chi connectivity index (χ2n) is 5.49. The van der Waals surface area contributed by atoms with E-state index in [4.69, 9.17) is 17.3 Å². The molecule has 0 amide bonds. The summed E-state index contributed by atoms with van der Waals surface area (Å²) >= 11 is 5.84. The van der Waals surface area contributed by atoms with Gasteiger partial charge in [0.25, 0.3) is 0 Å². The van der Waals surface area contributed by atoms with Gasteiger partial charge < -0.3 is 5.73 Å².